The number of methoxy groups -OCH3 is 1. The van der Waals surface area contributed by atoms with Gasteiger partial charge in [0.05, 0.1) is 19.4 Å². The smallest absolute Gasteiger partial charge is 0.257 e. The second kappa shape index (κ2) is 9.19. The van der Waals surface area contributed by atoms with Crippen molar-refractivity contribution in [3.8, 4) is 22.8 Å². The van der Waals surface area contributed by atoms with Gasteiger partial charge in [-0.25, -0.2) is 4.98 Å². The number of unbranched alkanes of at least 4 members (excludes halogenated alkanes) is 1. The molecule has 0 spiro atoms. The van der Waals surface area contributed by atoms with Crippen molar-refractivity contribution in [2.75, 3.05) is 19.0 Å². The van der Waals surface area contributed by atoms with Crippen LogP contribution in [-0.2, 0) is 0 Å². The first-order valence-corrected chi connectivity index (χ1v) is 9.71. The number of carbonyl (C=O) groups excluding carboxylic acids is 1. The van der Waals surface area contributed by atoms with Crippen molar-refractivity contribution >= 4 is 22.4 Å². The third-order valence-electron chi connectivity index (χ3n) is 3.97. The van der Waals surface area contributed by atoms with Gasteiger partial charge in [-0.1, -0.05) is 19.4 Å². The highest BCUT2D eigenvalue weighted by Crippen LogP contribution is 2.27. The molecule has 0 aliphatic rings. The van der Waals surface area contributed by atoms with E-state index in [0.717, 1.165) is 36.5 Å². The van der Waals surface area contributed by atoms with E-state index < -0.39 is 0 Å². The van der Waals surface area contributed by atoms with Crippen molar-refractivity contribution in [1.82, 2.24) is 4.98 Å². The lowest BCUT2D eigenvalue weighted by Gasteiger charge is -2.05. The zero-order valence-corrected chi connectivity index (χ0v) is 16.2. The molecule has 0 saturated heterocycles. The maximum absolute atomic E-state index is 12.4. The van der Waals surface area contributed by atoms with Gasteiger partial charge in [0.15, 0.2) is 5.13 Å². The van der Waals surface area contributed by atoms with Gasteiger partial charge in [-0.15, -0.1) is 11.3 Å². The molecule has 0 saturated carbocycles. The summed E-state index contributed by atoms with van der Waals surface area (Å²) in [4.78, 5) is 16.9. The summed E-state index contributed by atoms with van der Waals surface area (Å²) in [7, 11) is 1.57. The first-order chi connectivity index (χ1) is 13.2. The largest absolute Gasteiger partial charge is 0.497 e. The molecule has 1 heterocycles. The summed E-state index contributed by atoms with van der Waals surface area (Å²) in [5.74, 6) is 1.28. The van der Waals surface area contributed by atoms with E-state index in [-0.39, 0.29) is 5.91 Å². The Bertz CT molecular complexity index is 890. The third kappa shape index (κ3) is 5.08. The maximum atomic E-state index is 12.4. The molecule has 0 fully saturated rings. The van der Waals surface area contributed by atoms with E-state index in [4.69, 9.17) is 9.47 Å². The first kappa shape index (κ1) is 18.9. The Morgan fingerprint density at radius 3 is 2.70 bits per heavy atom. The topological polar surface area (TPSA) is 60.5 Å². The van der Waals surface area contributed by atoms with Gasteiger partial charge in [0.2, 0.25) is 0 Å². The highest BCUT2D eigenvalue weighted by atomic mass is 32.1. The van der Waals surface area contributed by atoms with Gasteiger partial charge in [0.1, 0.15) is 11.5 Å². The summed E-state index contributed by atoms with van der Waals surface area (Å²) in [6.45, 7) is 2.87. The fourth-order valence-corrected chi connectivity index (χ4v) is 3.17. The van der Waals surface area contributed by atoms with Crippen LogP contribution in [0.3, 0.4) is 0 Å². The molecule has 27 heavy (non-hydrogen) atoms. The fourth-order valence-electron chi connectivity index (χ4n) is 2.45. The Morgan fingerprint density at radius 2 is 1.96 bits per heavy atom. The minimum absolute atomic E-state index is 0.213. The quantitative estimate of drug-likeness (QED) is 0.541. The summed E-state index contributed by atoms with van der Waals surface area (Å²) in [5, 5.41) is 5.31. The highest BCUT2D eigenvalue weighted by molar-refractivity contribution is 7.14. The molecular formula is C21H22N2O3S. The zero-order valence-electron chi connectivity index (χ0n) is 15.4. The van der Waals surface area contributed by atoms with Gasteiger partial charge >= 0.3 is 0 Å². The van der Waals surface area contributed by atoms with Crippen LogP contribution in [0.2, 0.25) is 0 Å². The molecular weight excluding hydrogens is 360 g/mol. The monoisotopic (exact) mass is 382 g/mol. The van der Waals surface area contributed by atoms with Crippen molar-refractivity contribution in [3.63, 3.8) is 0 Å². The lowest BCUT2D eigenvalue weighted by molar-refractivity contribution is 0.102. The number of thiazole rings is 1. The van der Waals surface area contributed by atoms with Gasteiger partial charge in [0.25, 0.3) is 5.91 Å². The highest BCUT2D eigenvalue weighted by Gasteiger charge is 2.11. The van der Waals surface area contributed by atoms with Gasteiger partial charge in [-0.2, -0.15) is 0 Å². The molecule has 140 valence electrons. The maximum Gasteiger partial charge on any atom is 0.257 e. The SMILES string of the molecule is CCCCOc1ccc(-c2csc(NC(=O)c3cccc(OC)c3)n2)cc1. The van der Waals surface area contributed by atoms with Crippen LogP contribution in [-0.4, -0.2) is 24.6 Å². The number of amides is 1. The van der Waals surface area contributed by atoms with E-state index in [1.165, 1.54) is 11.3 Å². The van der Waals surface area contributed by atoms with Crippen LogP contribution in [0.25, 0.3) is 11.3 Å². The molecule has 3 rings (SSSR count). The molecule has 0 radical (unpaired) electrons. The van der Waals surface area contributed by atoms with E-state index >= 15 is 0 Å². The van der Waals surface area contributed by atoms with E-state index in [0.29, 0.717) is 16.4 Å². The number of nitrogens with one attached hydrogen (secondary N) is 1. The summed E-state index contributed by atoms with van der Waals surface area (Å²) in [6, 6.07) is 14.9. The van der Waals surface area contributed by atoms with Crippen LogP contribution in [0.1, 0.15) is 30.1 Å². The molecule has 1 N–H and O–H groups in total. The average Bonchev–Trinajstić information content (AvgIpc) is 3.17. The molecule has 1 aromatic heterocycles. The van der Waals surface area contributed by atoms with E-state index in [1.807, 2.05) is 29.6 Å². The molecule has 0 unspecified atom stereocenters. The molecule has 2 aromatic carbocycles. The summed E-state index contributed by atoms with van der Waals surface area (Å²) >= 11 is 1.39. The van der Waals surface area contributed by atoms with Crippen molar-refractivity contribution < 1.29 is 14.3 Å². The second-order valence-electron chi connectivity index (χ2n) is 5.95. The summed E-state index contributed by atoms with van der Waals surface area (Å²) < 4.78 is 10.8. The fraction of sp³-hybridized carbons (Fsp3) is 0.238. The normalized spacial score (nSPS) is 10.4. The Kier molecular flexibility index (Phi) is 6.44. The lowest BCUT2D eigenvalue weighted by atomic mass is 10.2. The van der Waals surface area contributed by atoms with Crippen LogP contribution in [0.15, 0.2) is 53.9 Å². The minimum Gasteiger partial charge on any atom is -0.497 e. The van der Waals surface area contributed by atoms with E-state index in [9.17, 15) is 4.79 Å². The number of nitrogens with zero attached hydrogens (tertiary/aromatic N) is 1. The Morgan fingerprint density at radius 1 is 1.15 bits per heavy atom. The number of carbonyl (C=O) groups is 1. The third-order valence-corrected chi connectivity index (χ3v) is 4.73. The molecule has 6 heteroatoms. The van der Waals surface area contributed by atoms with E-state index in [1.54, 1.807) is 31.4 Å². The minimum atomic E-state index is -0.213. The van der Waals surface area contributed by atoms with Gasteiger partial charge < -0.3 is 9.47 Å². The number of ether oxygens (including phenoxy) is 2. The Labute approximate surface area is 163 Å². The van der Waals surface area contributed by atoms with Crippen LogP contribution in [0.4, 0.5) is 5.13 Å². The standard InChI is InChI=1S/C21H22N2O3S/c1-3-4-12-26-17-10-8-15(9-11-17)19-14-27-21(22-19)23-20(24)16-6-5-7-18(13-16)25-2/h5-11,13-14H,3-4,12H2,1-2H3,(H,22,23,24). The van der Waals surface area contributed by atoms with Gasteiger partial charge in [-0.05, 0) is 48.9 Å². The predicted molar refractivity (Wildman–Crippen MR) is 109 cm³/mol. The molecule has 5 nitrogen and oxygen atoms in total. The molecule has 0 aliphatic heterocycles. The summed E-state index contributed by atoms with van der Waals surface area (Å²) in [5.41, 5.74) is 2.33. The zero-order chi connectivity index (χ0) is 19.1. The van der Waals surface area contributed by atoms with Crippen molar-refractivity contribution in [3.05, 3.63) is 59.5 Å². The molecule has 0 atom stereocenters. The molecule has 1 amide bonds. The van der Waals surface area contributed by atoms with Gasteiger partial charge in [-0.3, -0.25) is 10.1 Å². The number of benzene rings is 2. The van der Waals surface area contributed by atoms with Crippen LogP contribution < -0.4 is 14.8 Å². The molecule has 3 aromatic rings. The lowest BCUT2D eigenvalue weighted by Crippen LogP contribution is -2.11. The molecule has 0 bridgehead atoms. The van der Waals surface area contributed by atoms with E-state index in [2.05, 4.69) is 17.2 Å². The van der Waals surface area contributed by atoms with Crippen molar-refractivity contribution in [1.29, 1.82) is 0 Å². The van der Waals surface area contributed by atoms with Crippen LogP contribution in [0.5, 0.6) is 11.5 Å². The van der Waals surface area contributed by atoms with Gasteiger partial charge in [0, 0.05) is 16.5 Å². The first-order valence-electron chi connectivity index (χ1n) is 8.83. The van der Waals surface area contributed by atoms with Crippen molar-refractivity contribution in [2.24, 2.45) is 0 Å². The Hall–Kier alpha value is -2.86. The molecule has 0 aliphatic carbocycles. The average molecular weight is 382 g/mol. The van der Waals surface area contributed by atoms with Crippen LogP contribution >= 0.6 is 11.3 Å². The Balaban J connectivity index is 1.64. The number of hydrogen-bond acceptors (Lipinski definition) is 5. The number of hydrogen-bond donors (Lipinski definition) is 1. The number of anilines is 1. The predicted octanol–water partition coefficient (Wildman–Crippen LogP) is 5.25. The second-order valence-corrected chi connectivity index (χ2v) is 6.81. The number of aromatic nitrogens is 1. The summed E-state index contributed by atoms with van der Waals surface area (Å²) in [6.07, 6.45) is 2.16. The number of rotatable bonds is 8. The van der Waals surface area contributed by atoms with Crippen LogP contribution in [0, 0.1) is 0 Å². The van der Waals surface area contributed by atoms with Crippen molar-refractivity contribution in [2.45, 2.75) is 19.8 Å².